The second-order valence-electron chi connectivity index (χ2n) is 3.59. The van der Waals surface area contributed by atoms with Gasteiger partial charge in [-0.25, -0.2) is 0 Å². The number of primary amides is 2. The van der Waals surface area contributed by atoms with Gasteiger partial charge in [0.2, 0.25) is 11.8 Å². The molecule has 3 aliphatic rings. The van der Waals surface area contributed by atoms with Gasteiger partial charge in [-0.2, -0.15) is 0 Å². The van der Waals surface area contributed by atoms with E-state index in [0.29, 0.717) is 18.4 Å². The Morgan fingerprint density at radius 1 is 1.31 bits per heavy atom. The Balaban J connectivity index is 2.31. The quantitative estimate of drug-likeness (QED) is 0.603. The summed E-state index contributed by atoms with van der Waals surface area (Å²) >= 11 is 0. The summed E-state index contributed by atoms with van der Waals surface area (Å²) in [6.07, 6.45) is 4.44. The van der Waals surface area contributed by atoms with Crippen molar-refractivity contribution in [2.45, 2.75) is 12.8 Å². The molecule has 0 aromatic heterocycles. The average Bonchev–Trinajstić information content (AvgIpc) is 2.02. The maximum atomic E-state index is 11.0. The highest BCUT2D eigenvalue weighted by molar-refractivity contribution is 5.99. The molecule has 3 aliphatic carbocycles. The van der Waals surface area contributed by atoms with Crippen LogP contribution in [0.15, 0.2) is 23.3 Å². The lowest BCUT2D eigenvalue weighted by atomic mass is 9.60. The molecule has 0 atom stereocenters. The van der Waals surface area contributed by atoms with Crippen molar-refractivity contribution in [3.63, 3.8) is 0 Å². The van der Waals surface area contributed by atoms with Crippen molar-refractivity contribution in [2.75, 3.05) is 0 Å². The molecule has 2 amide bonds. The van der Waals surface area contributed by atoms with E-state index in [0.717, 1.165) is 5.57 Å². The van der Waals surface area contributed by atoms with Gasteiger partial charge < -0.3 is 11.5 Å². The first-order valence-corrected chi connectivity index (χ1v) is 4.06. The van der Waals surface area contributed by atoms with E-state index >= 15 is 0 Å². The first-order chi connectivity index (χ1) is 6.05. The summed E-state index contributed by atoms with van der Waals surface area (Å²) in [5, 5.41) is 0. The lowest BCUT2D eigenvalue weighted by molar-refractivity contribution is -0.127. The topological polar surface area (TPSA) is 86.2 Å². The van der Waals surface area contributed by atoms with Gasteiger partial charge in [-0.3, -0.25) is 9.59 Å². The number of allylic oxidation sites excluding steroid dienone is 1. The summed E-state index contributed by atoms with van der Waals surface area (Å²) in [6, 6.07) is 0. The van der Waals surface area contributed by atoms with E-state index in [9.17, 15) is 9.59 Å². The van der Waals surface area contributed by atoms with Gasteiger partial charge in [0.05, 0.1) is 5.41 Å². The number of carbonyl (C=O) groups excluding carboxylic acids is 2. The Bertz CT molecular complexity index is 358. The SMILES string of the molecule is NC(=O)C1=C2CC(C(N)=O)(C=C1)C2. The van der Waals surface area contributed by atoms with Gasteiger partial charge in [0, 0.05) is 5.57 Å². The van der Waals surface area contributed by atoms with E-state index in [-0.39, 0.29) is 5.91 Å². The molecule has 1 fully saturated rings. The van der Waals surface area contributed by atoms with Crippen LogP contribution < -0.4 is 11.5 Å². The molecule has 0 aromatic rings. The Morgan fingerprint density at radius 3 is 2.23 bits per heavy atom. The standard InChI is InChI=1S/C9H10N2O2/c10-7(12)6-1-2-9(8(11)13)3-5(6)4-9/h1-2H,3-4H2,(H2,10,12)(H2,11,13). The molecule has 0 radical (unpaired) electrons. The maximum absolute atomic E-state index is 11.0. The minimum absolute atomic E-state index is 0.323. The molecule has 0 unspecified atom stereocenters. The zero-order chi connectivity index (χ0) is 9.64. The summed E-state index contributed by atoms with van der Waals surface area (Å²) in [4.78, 5) is 21.9. The van der Waals surface area contributed by atoms with Crippen molar-refractivity contribution in [1.82, 2.24) is 0 Å². The average molecular weight is 178 g/mol. The van der Waals surface area contributed by atoms with Crippen LogP contribution in [0.1, 0.15) is 12.8 Å². The lowest BCUT2D eigenvalue weighted by Crippen LogP contribution is -2.45. The van der Waals surface area contributed by atoms with Crippen LogP contribution in [0.3, 0.4) is 0 Å². The molecule has 4 nitrogen and oxygen atoms in total. The molecule has 68 valence electrons. The largest absolute Gasteiger partial charge is 0.369 e. The van der Waals surface area contributed by atoms with E-state index in [1.165, 1.54) is 0 Å². The predicted molar refractivity (Wildman–Crippen MR) is 46.2 cm³/mol. The van der Waals surface area contributed by atoms with Crippen molar-refractivity contribution in [3.05, 3.63) is 23.3 Å². The molecule has 0 saturated heterocycles. The molecule has 0 heterocycles. The molecule has 0 aromatic carbocycles. The Morgan fingerprint density at radius 2 is 1.92 bits per heavy atom. The van der Waals surface area contributed by atoms with Gasteiger partial charge in [0.1, 0.15) is 0 Å². The lowest BCUT2D eigenvalue weighted by Gasteiger charge is -2.42. The molecule has 1 saturated carbocycles. The molecule has 3 rings (SSSR count). The summed E-state index contributed by atoms with van der Waals surface area (Å²) in [6.45, 7) is 0. The number of amides is 2. The van der Waals surface area contributed by atoms with Crippen molar-refractivity contribution < 1.29 is 9.59 Å². The number of carbonyl (C=O) groups is 2. The van der Waals surface area contributed by atoms with Gasteiger partial charge >= 0.3 is 0 Å². The van der Waals surface area contributed by atoms with Crippen LogP contribution in [0.25, 0.3) is 0 Å². The molecule has 2 bridgehead atoms. The van der Waals surface area contributed by atoms with E-state index in [4.69, 9.17) is 11.5 Å². The second-order valence-corrected chi connectivity index (χ2v) is 3.59. The highest BCUT2D eigenvalue weighted by Crippen LogP contribution is 2.51. The zero-order valence-electron chi connectivity index (χ0n) is 7.04. The molecule has 0 aliphatic heterocycles. The second kappa shape index (κ2) is 2.22. The van der Waals surface area contributed by atoms with Crippen molar-refractivity contribution in [3.8, 4) is 0 Å². The fourth-order valence-electron chi connectivity index (χ4n) is 1.89. The zero-order valence-corrected chi connectivity index (χ0v) is 7.04. The van der Waals surface area contributed by atoms with Gasteiger partial charge in [-0.05, 0) is 12.8 Å². The number of nitrogens with two attached hydrogens (primary N) is 2. The van der Waals surface area contributed by atoms with Gasteiger partial charge in [0.25, 0.3) is 0 Å². The monoisotopic (exact) mass is 178 g/mol. The minimum atomic E-state index is -0.520. The minimum Gasteiger partial charge on any atom is -0.369 e. The van der Waals surface area contributed by atoms with Crippen LogP contribution in [-0.2, 0) is 9.59 Å². The van der Waals surface area contributed by atoms with Crippen molar-refractivity contribution in [1.29, 1.82) is 0 Å². The molecule has 4 N–H and O–H groups in total. The summed E-state index contributed by atoms with van der Waals surface area (Å²) in [7, 11) is 0. The van der Waals surface area contributed by atoms with Crippen LogP contribution in [-0.4, -0.2) is 11.8 Å². The molecule has 13 heavy (non-hydrogen) atoms. The van der Waals surface area contributed by atoms with E-state index in [1.54, 1.807) is 12.2 Å². The van der Waals surface area contributed by atoms with Crippen LogP contribution in [0, 0.1) is 5.41 Å². The fourth-order valence-corrected chi connectivity index (χ4v) is 1.89. The van der Waals surface area contributed by atoms with Gasteiger partial charge in [-0.15, -0.1) is 0 Å². The smallest absolute Gasteiger partial charge is 0.248 e. The number of hydrogen-bond acceptors (Lipinski definition) is 2. The summed E-state index contributed by atoms with van der Waals surface area (Å²) in [5.41, 5.74) is 11.3. The van der Waals surface area contributed by atoms with Crippen LogP contribution in [0.2, 0.25) is 0 Å². The first-order valence-electron chi connectivity index (χ1n) is 4.06. The number of rotatable bonds is 2. The highest BCUT2D eigenvalue weighted by atomic mass is 16.1. The highest BCUT2D eigenvalue weighted by Gasteiger charge is 2.47. The first kappa shape index (κ1) is 8.04. The van der Waals surface area contributed by atoms with Crippen LogP contribution in [0.5, 0.6) is 0 Å². The normalized spacial score (nSPS) is 22.5. The molecule has 4 heteroatoms. The maximum Gasteiger partial charge on any atom is 0.248 e. The number of hydrogen-bond donors (Lipinski definition) is 2. The fraction of sp³-hybridized carbons (Fsp3) is 0.333. The summed E-state index contributed by atoms with van der Waals surface area (Å²) in [5.74, 6) is -0.750. The Hall–Kier alpha value is -1.58. The van der Waals surface area contributed by atoms with E-state index < -0.39 is 11.3 Å². The predicted octanol–water partition coefficient (Wildman–Crippen LogP) is -0.396. The third kappa shape index (κ3) is 0.915. The Kier molecular flexibility index (Phi) is 1.37. The van der Waals surface area contributed by atoms with Crippen molar-refractivity contribution in [2.24, 2.45) is 16.9 Å². The van der Waals surface area contributed by atoms with E-state index in [1.807, 2.05) is 0 Å². The van der Waals surface area contributed by atoms with Gasteiger partial charge in [-0.1, -0.05) is 17.7 Å². The molecular weight excluding hydrogens is 168 g/mol. The molecule has 0 spiro atoms. The van der Waals surface area contributed by atoms with Crippen LogP contribution >= 0.6 is 0 Å². The van der Waals surface area contributed by atoms with E-state index in [2.05, 4.69) is 0 Å². The third-order valence-corrected chi connectivity index (χ3v) is 2.76. The summed E-state index contributed by atoms with van der Waals surface area (Å²) < 4.78 is 0. The third-order valence-electron chi connectivity index (χ3n) is 2.76. The van der Waals surface area contributed by atoms with Crippen LogP contribution in [0.4, 0.5) is 0 Å². The number of fused-ring (bicyclic) bond motifs is 1. The van der Waals surface area contributed by atoms with Crippen molar-refractivity contribution >= 4 is 11.8 Å². The Labute approximate surface area is 75.3 Å². The van der Waals surface area contributed by atoms with Gasteiger partial charge in [0.15, 0.2) is 0 Å². The molecular formula is C9H10N2O2.